The Hall–Kier alpha value is -0.915. The number of hydrogen-bond acceptors (Lipinski definition) is 3. The Kier molecular flexibility index (Phi) is 5.97. The maximum absolute atomic E-state index is 9.75. The predicted molar refractivity (Wildman–Crippen MR) is 68.9 cm³/mol. The van der Waals surface area contributed by atoms with Gasteiger partial charge < -0.3 is 32.4 Å². The molecule has 8 heteroatoms. The molecule has 2 unspecified atom stereocenters. The second kappa shape index (κ2) is 7.02. The van der Waals surface area contributed by atoms with Crippen LogP contribution in [0.15, 0.2) is 12.4 Å². The van der Waals surface area contributed by atoms with Gasteiger partial charge in [-0.25, -0.2) is 0 Å². The van der Waals surface area contributed by atoms with Gasteiger partial charge in [0.05, 0.1) is 6.67 Å². The van der Waals surface area contributed by atoms with E-state index in [-0.39, 0.29) is 0 Å². The van der Waals surface area contributed by atoms with Gasteiger partial charge in [0.2, 0.25) is 0 Å². The summed E-state index contributed by atoms with van der Waals surface area (Å²) >= 11 is 0. The Labute approximate surface area is 111 Å². The van der Waals surface area contributed by atoms with Crippen molar-refractivity contribution in [3.8, 4) is 0 Å². The molecule has 0 aromatic rings. The van der Waals surface area contributed by atoms with Gasteiger partial charge in [-0.15, -0.1) is 0 Å². The van der Waals surface area contributed by atoms with Crippen LogP contribution in [0.2, 0.25) is 0 Å². The number of piperidine rings is 1. The first-order chi connectivity index (χ1) is 8.77. The fourth-order valence-electron chi connectivity index (χ4n) is 2.34. The van der Waals surface area contributed by atoms with E-state index in [0.29, 0.717) is 12.1 Å². The van der Waals surface area contributed by atoms with Crippen molar-refractivity contribution in [3.63, 3.8) is 0 Å². The first-order valence-corrected chi connectivity index (χ1v) is 6.52. The second-order valence-corrected chi connectivity index (χ2v) is 5.00. The third-order valence-corrected chi connectivity index (χ3v) is 3.35. The zero-order valence-electron chi connectivity index (χ0n) is 11.3. The summed E-state index contributed by atoms with van der Waals surface area (Å²) in [6.45, 7) is 4.56. The zero-order chi connectivity index (χ0) is 14.5. The average Bonchev–Trinajstić information content (AvgIpc) is 2.74. The number of nitrogens with one attached hydrogen (secondary N) is 1. The van der Waals surface area contributed by atoms with E-state index in [2.05, 4.69) is 41.5 Å². The van der Waals surface area contributed by atoms with E-state index in [1.165, 1.54) is 25.8 Å². The van der Waals surface area contributed by atoms with E-state index in [0.717, 1.165) is 6.67 Å². The molecule has 2 atom stereocenters. The van der Waals surface area contributed by atoms with Gasteiger partial charge in [0, 0.05) is 31.5 Å². The minimum Gasteiger partial charge on any atom is -0.418 e. The first-order valence-electron chi connectivity index (χ1n) is 6.52. The fourth-order valence-corrected chi connectivity index (χ4v) is 2.34. The standard InChI is InChI=1S/C11H21N3.BF4/c1-10(11-5-3-4-6-12-11)14-8-7-13(2)9-14;2-1(3,4)5/h7-8,10-12H,3-6,9H2,1-2H3;/q;-1. The zero-order valence-corrected chi connectivity index (χ0v) is 11.3. The molecule has 1 fully saturated rings. The molecule has 0 saturated carbocycles. The highest BCUT2D eigenvalue weighted by Gasteiger charge is 2.25. The highest BCUT2D eigenvalue weighted by Crippen LogP contribution is 2.17. The van der Waals surface area contributed by atoms with Gasteiger partial charge in [0.15, 0.2) is 0 Å². The fraction of sp³-hybridized carbons (Fsp3) is 0.818. The van der Waals surface area contributed by atoms with Crippen molar-refractivity contribution in [2.45, 2.75) is 38.3 Å². The van der Waals surface area contributed by atoms with Crippen LogP contribution in [0.5, 0.6) is 0 Å². The van der Waals surface area contributed by atoms with E-state index >= 15 is 0 Å². The average molecular weight is 282 g/mol. The molecule has 0 aliphatic carbocycles. The lowest BCUT2D eigenvalue weighted by Crippen LogP contribution is -2.49. The van der Waals surface area contributed by atoms with Gasteiger partial charge in [-0.2, -0.15) is 0 Å². The van der Waals surface area contributed by atoms with Crippen molar-refractivity contribution in [2.24, 2.45) is 0 Å². The maximum Gasteiger partial charge on any atom is 0.673 e. The van der Waals surface area contributed by atoms with Crippen LogP contribution in [0.3, 0.4) is 0 Å². The third-order valence-electron chi connectivity index (χ3n) is 3.35. The summed E-state index contributed by atoms with van der Waals surface area (Å²) in [6, 6.07) is 1.30. The molecule has 0 radical (unpaired) electrons. The quantitative estimate of drug-likeness (QED) is 0.620. The molecular formula is C11H21BF4N3-. The Morgan fingerprint density at radius 2 is 1.84 bits per heavy atom. The van der Waals surface area contributed by atoms with Crippen molar-refractivity contribution >= 4 is 7.25 Å². The normalized spacial score (nSPS) is 25.1. The largest absolute Gasteiger partial charge is 0.673 e. The number of halogens is 4. The van der Waals surface area contributed by atoms with Crippen LogP contribution in [-0.2, 0) is 0 Å². The molecular weight excluding hydrogens is 261 g/mol. The van der Waals surface area contributed by atoms with Crippen LogP contribution in [-0.4, -0.2) is 49.4 Å². The van der Waals surface area contributed by atoms with Crippen LogP contribution in [0.25, 0.3) is 0 Å². The second-order valence-electron chi connectivity index (χ2n) is 5.00. The molecule has 1 saturated heterocycles. The van der Waals surface area contributed by atoms with Crippen LogP contribution in [0, 0.1) is 0 Å². The van der Waals surface area contributed by atoms with Crippen molar-refractivity contribution in [1.29, 1.82) is 0 Å². The van der Waals surface area contributed by atoms with Gasteiger partial charge in [0.1, 0.15) is 0 Å². The van der Waals surface area contributed by atoms with E-state index in [9.17, 15) is 17.3 Å². The molecule has 3 nitrogen and oxygen atoms in total. The molecule has 0 amide bonds. The van der Waals surface area contributed by atoms with Crippen molar-refractivity contribution < 1.29 is 17.3 Å². The van der Waals surface area contributed by atoms with E-state index < -0.39 is 7.25 Å². The summed E-state index contributed by atoms with van der Waals surface area (Å²) in [5.41, 5.74) is 0. The summed E-state index contributed by atoms with van der Waals surface area (Å²) in [7, 11) is -3.88. The van der Waals surface area contributed by atoms with Gasteiger partial charge in [-0.3, -0.25) is 0 Å². The van der Waals surface area contributed by atoms with Crippen molar-refractivity contribution in [2.75, 3.05) is 20.3 Å². The van der Waals surface area contributed by atoms with E-state index in [1.54, 1.807) is 0 Å². The molecule has 2 aliphatic heterocycles. The highest BCUT2D eigenvalue weighted by molar-refractivity contribution is 6.50. The van der Waals surface area contributed by atoms with Gasteiger partial charge >= 0.3 is 7.25 Å². The van der Waals surface area contributed by atoms with E-state index in [1.807, 2.05) is 0 Å². The SMILES string of the molecule is CC(C1CCCCN1)N1C=CN(C)C1.F[B-](F)(F)F. The van der Waals surface area contributed by atoms with Crippen molar-refractivity contribution in [3.05, 3.63) is 12.4 Å². The summed E-state index contributed by atoms with van der Waals surface area (Å²) < 4.78 is 39.0. The topological polar surface area (TPSA) is 18.5 Å². The maximum atomic E-state index is 9.75. The van der Waals surface area contributed by atoms with Crippen LogP contribution >= 0.6 is 0 Å². The van der Waals surface area contributed by atoms with Gasteiger partial charge in [-0.1, -0.05) is 6.42 Å². The molecule has 1 N–H and O–H groups in total. The molecule has 2 rings (SSSR count). The first kappa shape index (κ1) is 16.1. The van der Waals surface area contributed by atoms with Gasteiger partial charge in [0.25, 0.3) is 0 Å². The van der Waals surface area contributed by atoms with Gasteiger partial charge in [-0.05, 0) is 26.3 Å². The van der Waals surface area contributed by atoms with E-state index in [4.69, 9.17) is 0 Å². The third kappa shape index (κ3) is 6.70. The molecule has 0 spiro atoms. The van der Waals surface area contributed by atoms with Crippen LogP contribution in [0.1, 0.15) is 26.2 Å². The Bertz CT molecular complexity index is 286. The minimum absolute atomic E-state index is 0.622. The molecule has 0 bridgehead atoms. The summed E-state index contributed by atoms with van der Waals surface area (Å²) in [5.74, 6) is 0. The lowest BCUT2D eigenvalue weighted by molar-refractivity contribution is 0.184. The molecule has 2 aliphatic rings. The summed E-state index contributed by atoms with van der Waals surface area (Å²) in [6.07, 6.45) is 8.42. The van der Waals surface area contributed by atoms with Crippen LogP contribution in [0.4, 0.5) is 17.3 Å². The van der Waals surface area contributed by atoms with Crippen molar-refractivity contribution in [1.82, 2.24) is 15.1 Å². The molecule has 0 aromatic heterocycles. The Balaban J connectivity index is 0.000000312. The lowest BCUT2D eigenvalue weighted by Gasteiger charge is -2.35. The highest BCUT2D eigenvalue weighted by atomic mass is 19.5. The molecule has 19 heavy (non-hydrogen) atoms. The number of nitrogens with zero attached hydrogens (tertiary/aromatic N) is 2. The molecule has 0 aromatic carbocycles. The predicted octanol–water partition coefficient (Wildman–Crippen LogP) is 2.49. The monoisotopic (exact) mass is 282 g/mol. The summed E-state index contributed by atoms with van der Waals surface area (Å²) in [4.78, 5) is 4.64. The number of hydrogen-bond donors (Lipinski definition) is 1. The lowest BCUT2D eigenvalue weighted by atomic mass is 9.98. The smallest absolute Gasteiger partial charge is 0.418 e. The summed E-state index contributed by atoms with van der Waals surface area (Å²) in [5, 5.41) is 3.62. The molecule has 2 heterocycles. The Morgan fingerprint density at radius 1 is 1.21 bits per heavy atom. The molecule has 112 valence electrons. The Morgan fingerprint density at radius 3 is 2.26 bits per heavy atom. The van der Waals surface area contributed by atoms with Crippen LogP contribution < -0.4 is 5.32 Å². The minimum atomic E-state index is -6.00. The number of rotatable bonds is 2.